The number of nitrogens with zero attached hydrogens (tertiary/aromatic N) is 1. The van der Waals surface area contributed by atoms with Crippen molar-refractivity contribution < 1.29 is 27.5 Å². The molecule has 3 aromatic carbocycles. The van der Waals surface area contributed by atoms with Gasteiger partial charge in [-0.3, -0.25) is 9.59 Å². The highest BCUT2D eigenvalue weighted by Crippen LogP contribution is 2.68. The average Bonchev–Trinajstić information content (AvgIpc) is 3.22. The number of aryl methyl sites for hydroxylation is 1. The molecule has 2 bridgehead atoms. The van der Waals surface area contributed by atoms with E-state index in [0.717, 1.165) is 5.56 Å². The fourth-order valence-corrected chi connectivity index (χ4v) is 7.93. The van der Waals surface area contributed by atoms with Crippen LogP contribution in [-0.2, 0) is 34.6 Å². The van der Waals surface area contributed by atoms with Crippen molar-refractivity contribution in [2.75, 3.05) is 14.2 Å². The molecule has 0 aliphatic carbocycles. The van der Waals surface area contributed by atoms with E-state index in [1.54, 1.807) is 48.5 Å². The molecule has 0 amide bonds. The van der Waals surface area contributed by atoms with E-state index >= 15 is 0 Å². The second-order valence-electron chi connectivity index (χ2n) is 9.44. The van der Waals surface area contributed by atoms with Gasteiger partial charge < -0.3 is 9.47 Å². The molecule has 0 spiro atoms. The molecule has 2 unspecified atom stereocenters. The number of ether oxygens (including phenoxy) is 2. The zero-order valence-corrected chi connectivity index (χ0v) is 21.6. The van der Waals surface area contributed by atoms with Crippen LogP contribution in [0.5, 0.6) is 0 Å². The Morgan fingerprint density at radius 3 is 2.05 bits per heavy atom. The smallest absolute Gasteiger partial charge is 0.325 e. The molecular formula is C29H27NO6S. The van der Waals surface area contributed by atoms with Crippen LogP contribution in [0.4, 0.5) is 0 Å². The average molecular weight is 518 g/mol. The SMILES string of the molecule is C=C1c2ccccc2C2N(S(=O)(=O)c3ccc(C)cc3)C1(c1ccccc1)CC2(C(=O)OC)C(=O)OC. The highest BCUT2D eigenvalue weighted by molar-refractivity contribution is 7.89. The lowest BCUT2D eigenvalue weighted by Gasteiger charge is -2.46. The number of benzene rings is 3. The first-order valence-corrected chi connectivity index (χ1v) is 13.2. The topological polar surface area (TPSA) is 90.0 Å². The van der Waals surface area contributed by atoms with Crippen molar-refractivity contribution in [2.24, 2.45) is 5.41 Å². The van der Waals surface area contributed by atoms with Crippen LogP contribution in [0.15, 0.2) is 90.3 Å². The van der Waals surface area contributed by atoms with Crippen LogP contribution in [0, 0.1) is 12.3 Å². The fourth-order valence-electron chi connectivity index (χ4n) is 5.96. The van der Waals surface area contributed by atoms with Crippen LogP contribution in [0.2, 0.25) is 0 Å². The normalized spacial score (nSPS) is 22.2. The van der Waals surface area contributed by atoms with Gasteiger partial charge in [-0.05, 0) is 41.3 Å². The maximum Gasteiger partial charge on any atom is 0.325 e. The fraction of sp³-hybridized carbons (Fsp3) is 0.241. The Kier molecular flexibility index (Phi) is 5.84. The number of esters is 2. The maximum atomic E-state index is 14.6. The molecule has 0 aromatic heterocycles. The summed E-state index contributed by atoms with van der Waals surface area (Å²) in [6.45, 7) is 6.25. The Morgan fingerprint density at radius 1 is 0.892 bits per heavy atom. The van der Waals surface area contributed by atoms with E-state index in [2.05, 4.69) is 6.58 Å². The van der Waals surface area contributed by atoms with E-state index < -0.39 is 39.0 Å². The van der Waals surface area contributed by atoms with E-state index in [-0.39, 0.29) is 11.3 Å². The first-order chi connectivity index (χ1) is 17.7. The van der Waals surface area contributed by atoms with Gasteiger partial charge in [-0.25, -0.2) is 8.42 Å². The van der Waals surface area contributed by atoms with Crippen LogP contribution in [0.3, 0.4) is 0 Å². The van der Waals surface area contributed by atoms with Gasteiger partial charge in [0.05, 0.1) is 30.7 Å². The molecular weight excluding hydrogens is 490 g/mol. The van der Waals surface area contributed by atoms with Gasteiger partial charge in [-0.1, -0.05) is 78.9 Å². The molecule has 7 nitrogen and oxygen atoms in total. The zero-order valence-electron chi connectivity index (χ0n) is 20.8. The van der Waals surface area contributed by atoms with Crippen molar-refractivity contribution in [1.29, 1.82) is 0 Å². The maximum absolute atomic E-state index is 14.6. The standard InChI is InChI=1S/C29H27NO6S/c1-19-14-16-22(17-15-19)37(33,34)30-25-24-13-9-8-12-23(24)20(2)29(30,21-10-6-5-7-11-21)18-28(25,26(31)35-3)27(32)36-4/h5-17,25H,2,18H2,1,3-4H3. The summed E-state index contributed by atoms with van der Waals surface area (Å²) in [7, 11) is -1.93. The van der Waals surface area contributed by atoms with Crippen molar-refractivity contribution in [3.05, 3.63) is 108 Å². The number of rotatable bonds is 5. The van der Waals surface area contributed by atoms with Crippen molar-refractivity contribution >= 4 is 27.5 Å². The summed E-state index contributed by atoms with van der Waals surface area (Å²) in [5.41, 5.74) is -0.323. The van der Waals surface area contributed by atoms with Crippen LogP contribution in [0.25, 0.3) is 5.57 Å². The van der Waals surface area contributed by atoms with Crippen molar-refractivity contribution in [3.63, 3.8) is 0 Å². The minimum atomic E-state index is -4.29. The number of methoxy groups -OCH3 is 2. The number of hydrogen-bond acceptors (Lipinski definition) is 6. The Hall–Kier alpha value is -3.75. The lowest BCUT2D eigenvalue weighted by atomic mass is 9.73. The minimum absolute atomic E-state index is 0.0427. The monoisotopic (exact) mass is 517 g/mol. The Bertz CT molecular complexity index is 1500. The van der Waals surface area contributed by atoms with Gasteiger partial charge in [-0.15, -0.1) is 0 Å². The Balaban J connectivity index is 1.95. The van der Waals surface area contributed by atoms with E-state index in [9.17, 15) is 18.0 Å². The number of hydrogen-bond donors (Lipinski definition) is 0. The van der Waals surface area contributed by atoms with E-state index in [1.165, 1.54) is 30.7 Å². The molecule has 2 heterocycles. The zero-order chi connectivity index (χ0) is 26.6. The molecule has 190 valence electrons. The van der Waals surface area contributed by atoms with Gasteiger partial charge in [0, 0.05) is 6.42 Å². The molecule has 5 rings (SSSR count). The lowest BCUT2D eigenvalue weighted by Crippen LogP contribution is -2.51. The lowest BCUT2D eigenvalue weighted by molar-refractivity contribution is -0.170. The molecule has 0 N–H and O–H groups in total. The van der Waals surface area contributed by atoms with Gasteiger partial charge in [0.1, 0.15) is 0 Å². The van der Waals surface area contributed by atoms with Gasteiger partial charge >= 0.3 is 11.9 Å². The van der Waals surface area contributed by atoms with Gasteiger partial charge in [0.25, 0.3) is 0 Å². The largest absolute Gasteiger partial charge is 0.468 e. The Labute approximate surface area is 216 Å². The second kappa shape index (κ2) is 8.68. The third-order valence-corrected chi connectivity index (χ3v) is 9.53. The third kappa shape index (κ3) is 3.25. The first-order valence-electron chi connectivity index (χ1n) is 11.8. The van der Waals surface area contributed by atoms with Crippen molar-refractivity contribution in [1.82, 2.24) is 4.31 Å². The molecule has 8 heteroatoms. The number of sulfonamides is 1. The first kappa shape index (κ1) is 24.9. The van der Waals surface area contributed by atoms with E-state index in [1.807, 2.05) is 25.1 Å². The van der Waals surface area contributed by atoms with Crippen molar-refractivity contribution in [2.45, 2.75) is 29.8 Å². The van der Waals surface area contributed by atoms with Crippen LogP contribution in [-0.4, -0.2) is 38.9 Å². The molecule has 3 aromatic rings. The summed E-state index contributed by atoms with van der Waals surface area (Å²) in [4.78, 5) is 27.3. The Morgan fingerprint density at radius 2 is 1.46 bits per heavy atom. The molecule has 2 aliphatic rings. The summed E-state index contributed by atoms with van der Waals surface area (Å²) in [5, 5.41) is 0. The minimum Gasteiger partial charge on any atom is -0.468 e. The highest BCUT2D eigenvalue weighted by Gasteiger charge is 2.75. The number of fused-ring (bicyclic) bond motifs is 4. The summed E-state index contributed by atoms with van der Waals surface area (Å²) >= 11 is 0. The second-order valence-corrected chi connectivity index (χ2v) is 11.3. The highest BCUT2D eigenvalue weighted by atomic mass is 32.2. The molecule has 1 saturated heterocycles. The summed E-state index contributed by atoms with van der Waals surface area (Å²) in [5.74, 6) is -1.73. The van der Waals surface area contributed by atoms with Gasteiger partial charge in [0.15, 0.2) is 5.41 Å². The molecule has 2 atom stereocenters. The summed E-state index contributed by atoms with van der Waals surface area (Å²) < 4.78 is 40.8. The van der Waals surface area contributed by atoms with E-state index in [4.69, 9.17) is 9.47 Å². The van der Waals surface area contributed by atoms with Crippen LogP contribution in [0.1, 0.15) is 34.7 Å². The summed E-state index contributed by atoms with van der Waals surface area (Å²) in [6, 6.07) is 21.4. The van der Waals surface area contributed by atoms with Crippen molar-refractivity contribution in [3.8, 4) is 0 Å². The van der Waals surface area contributed by atoms with Gasteiger partial charge in [0.2, 0.25) is 10.0 Å². The predicted octanol–water partition coefficient (Wildman–Crippen LogP) is 4.39. The number of carbonyl (C=O) groups excluding carboxylic acids is 2. The van der Waals surface area contributed by atoms with Gasteiger partial charge in [-0.2, -0.15) is 4.31 Å². The predicted molar refractivity (Wildman–Crippen MR) is 138 cm³/mol. The molecule has 37 heavy (non-hydrogen) atoms. The quantitative estimate of drug-likeness (QED) is 0.369. The van der Waals surface area contributed by atoms with Crippen LogP contribution >= 0.6 is 0 Å². The number of carbonyl (C=O) groups is 2. The molecule has 1 fully saturated rings. The third-order valence-electron chi connectivity index (χ3n) is 7.62. The molecule has 2 aliphatic heterocycles. The molecule has 0 radical (unpaired) electrons. The van der Waals surface area contributed by atoms with E-state index in [0.29, 0.717) is 22.3 Å². The molecule has 0 saturated carbocycles. The van der Waals surface area contributed by atoms with Crippen LogP contribution < -0.4 is 0 Å². The summed E-state index contributed by atoms with van der Waals surface area (Å²) in [6.07, 6.45) is -0.230.